The Morgan fingerprint density at radius 2 is 1.89 bits per heavy atom. The van der Waals surface area contributed by atoms with Crippen molar-refractivity contribution in [1.29, 1.82) is 0 Å². The van der Waals surface area contributed by atoms with E-state index in [1.165, 1.54) is 6.20 Å². The molecule has 6 nitrogen and oxygen atoms in total. The molecule has 2 heterocycles. The highest BCUT2D eigenvalue weighted by molar-refractivity contribution is 5.33. The predicted molar refractivity (Wildman–Crippen MR) is 101 cm³/mol. The number of methoxy groups -OCH3 is 1. The minimum Gasteiger partial charge on any atom is -0.506 e. The van der Waals surface area contributed by atoms with E-state index in [9.17, 15) is 10.2 Å². The zero-order valence-electron chi connectivity index (χ0n) is 15.5. The molecule has 2 aromatic rings. The summed E-state index contributed by atoms with van der Waals surface area (Å²) in [5, 5.41) is 19.7. The van der Waals surface area contributed by atoms with Crippen molar-refractivity contribution in [2.24, 2.45) is 11.8 Å². The molecule has 1 saturated carbocycles. The minimum atomic E-state index is -0.631. The topological polar surface area (TPSA) is 75.1 Å². The molecule has 27 heavy (non-hydrogen) atoms. The molecule has 1 aliphatic carbocycles. The lowest BCUT2D eigenvalue weighted by Crippen LogP contribution is -2.29. The van der Waals surface area contributed by atoms with Crippen molar-refractivity contribution in [2.75, 3.05) is 26.7 Å². The Hall–Kier alpha value is -2.31. The van der Waals surface area contributed by atoms with Crippen LogP contribution < -0.4 is 9.47 Å². The van der Waals surface area contributed by atoms with Crippen molar-refractivity contribution >= 4 is 0 Å². The van der Waals surface area contributed by atoms with Gasteiger partial charge in [-0.2, -0.15) is 0 Å². The highest BCUT2D eigenvalue weighted by atomic mass is 16.5. The molecule has 2 aliphatic rings. The van der Waals surface area contributed by atoms with Crippen molar-refractivity contribution < 1.29 is 19.7 Å². The minimum absolute atomic E-state index is 0.115. The molecule has 6 heteroatoms. The predicted octanol–water partition coefficient (Wildman–Crippen LogP) is 2.62. The summed E-state index contributed by atoms with van der Waals surface area (Å²) in [6.45, 7) is 2.54. The Bertz CT molecular complexity index is 753. The largest absolute Gasteiger partial charge is 0.506 e. The summed E-state index contributed by atoms with van der Waals surface area (Å²) in [5.41, 5.74) is 0.601. The second-order valence-corrected chi connectivity index (χ2v) is 7.59. The van der Waals surface area contributed by atoms with Crippen LogP contribution in [0.4, 0.5) is 0 Å². The van der Waals surface area contributed by atoms with Crippen molar-refractivity contribution in [3.8, 4) is 17.2 Å². The second-order valence-electron chi connectivity index (χ2n) is 7.59. The zero-order chi connectivity index (χ0) is 18.8. The van der Waals surface area contributed by atoms with E-state index >= 15 is 0 Å². The van der Waals surface area contributed by atoms with Crippen LogP contribution in [0.25, 0.3) is 0 Å². The van der Waals surface area contributed by atoms with E-state index in [0.29, 0.717) is 24.1 Å². The maximum atomic E-state index is 10.4. The molecule has 0 radical (unpaired) electrons. The van der Waals surface area contributed by atoms with Crippen LogP contribution >= 0.6 is 0 Å². The van der Waals surface area contributed by atoms with E-state index in [1.54, 1.807) is 19.2 Å². The van der Waals surface area contributed by atoms with Gasteiger partial charge in [-0.1, -0.05) is 6.07 Å². The Morgan fingerprint density at radius 1 is 1.15 bits per heavy atom. The summed E-state index contributed by atoms with van der Waals surface area (Å²) < 4.78 is 11.4. The molecule has 1 aromatic carbocycles. The molecule has 0 spiro atoms. The van der Waals surface area contributed by atoms with E-state index in [-0.39, 0.29) is 11.9 Å². The van der Waals surface area contributed by atoms with Gasteiger partial charge in [0.1, 0.15) is 23.4 Å². The van der Waals surface area contributed by atoms with Crippen LogP contribution in [-0.2, 0) is 0 Å². The molecule has 0 amide bonds. The standard InChI is InChI=1S/C21H26N2O4/c1-26-17-3-2-4-18(9-17)27-19-7-14-11-23(12-15(14)8-19)13-21(25)20-6-5-16(24)10-22-20/h2-6,9-10,14-15,19,21,24-25H,7-8,11-13H2,1H3/t14-,15+,19?,21?. The molecule has 2 unspecified atom stereocenters. The molecule has 1 aromatic heterocycles. The van der Waals surface area contributed by atoms with Gasteiger partial charge < -0.3 is 19.7 Å². The number of β-amino-alcohol motifs (C(OH)–C–C–N with tert-alkyl or cyclic N) is 1. The summed E-state index contributed by atoms with van der Waals surface area (Å²) in [5.74, 6) is 3.02. The lowest BCUT2D eigenvalue weighted by molar-refractivity contribution is 0.113. The van der Waals surface area contributed by atoms with Crippen LogP contribution in [0.2, 0.25) is 0 Å². The average molecular weight is 370 g/mol. The quantitative estimate of drug-likeness (QED) is 0.814. The monoisotopic (exact) mass is 370 g/mol. The molecule has 2 N–H and O–H groups in total. The smallest absolute Gasteiger partial charge is 0.133 e. The number of fused-ring (bicyclic) bond motifs is 1. The van der Waals surface area contributed by atoms with E-state index in [4.69, 9.17) is 9.47 Å². The van der Waals surface area contributed by atoms with Gasteiger partial charge in [0, 0.05) is 25.7 Å². The summed E-state index contributed by atoms with van der Waals surface area (Å²) in [7, 11) is 1.66. The number of ether oxygens (including phenoxy) is 2. The lowest BCUT2D eigenvalue weighted by atomic mass is 10.0. The molecule has 4 atom stereocenters. The third kappa shape index (κ3) is 4.17. The van der Waals surface area contributed by atoms with Crippen molar-refractivity contribution in [1.82, 2.24) is 9.88 Å². The van der Waals surface area contributed by atoms with Crippen molar-refractivity contribution in [3.63, 3.8) is 0 Å². The molecular weight excluding hydrogens is 344 g/mol. The Kier molecular flexibility index (Phi) is 5.18. The highest BCUT2D eigenvalue weighted by Gasteiger charge is 2.42. The molecule has 144 valence electrons. The normalized spacial score (nSPS) is 25.9. The number of hydrogen-bond acceptors (Lipinski definition) is 6. The number of benzene rings is 1. The Labute approximate surface area is 159 Å². The van der Waals surface area contributed by atoms with E-state index < -0.39 is 6.10 Å². The molecule has 0 bridgehead atoms. The van der Waals surface area contributed by atoms with Gasteiger partial charge in [-0.05, 0) is 48.9 Å². The fourth-order valence-corrected chi connectivity index (χ4v) is 4.39. The maximum Gasteiger partial charge on any atom is 0.133 e. The van der Waals surface area contributed by atoms with Gasteiger partial charge in [-0.15, -0.1) is 0 Å². The fourth-order valence-electron chi connectivity index (χ4n) is 4.39. The number of pyridine rings is 1. The van der Waals surface area contributed by atoms with Crippen LogP contribution in [0.3, 0.4) is 0 Å². The van der Waals surface area contributed by atoms with Crippen LogP contribution in [0, 0.1) is 11.8 Å². The van der Waals surface area contributed by atoms with Crippen LogP contribution in [-0.4, -0.2) is 52.9 Å². The third-order valence-corrected chi connectivity index (χ3v) is 5.67. The SMILES string of the molecule is COc1cccc(OC2C[C@@H]3CN(CC(O)c4ccc(O)cn4)C[C@@H]3C2)c1. The van der Waals surface area contributed by atoms with Gasteiger partial charge >= 0.3 is 0 Å². The van der Waals surface area contributed by atoms with Gasteiger partial charge in [0.25, 0.3) is 0 Å². The van der Waals surface area contributed by atoms with Gasteiger partial charge in [0.05, 0.1) is 25.1 Å². The van der Waals surface area contributed by atoms with Gasteiger partial charge in [-0.3, -0.25) is 9.88 Å². The molecule has 1 aliphatic heterocycles. The summed E-state index contributed by atoms with van der Waals surface area (Å²) >= 11 is 0. The first kappa shape index (κ1) is 18.1. The number of hydrogen-bond donors (Lipinski definition) is 2. The number of aromatic hydroxyl groups is 1. The number of rotatable bonds is 6. The van der Waals surface area contributed by atoms with E-state index in [1.807, 2.05) is 24.3 Å². The van der Waals surface area contributed by atoms with E-state index in [2.05, 4.69) is 9.88 Å². The molecule has 2 fully saturated rings. The lowest BCUT2D eigenvalue weighted by Gasteiger charge is -2.22. The fraction of sp³-hybridized carbons (Fsp3) is 0.476. The summed E-state index contributed by atoms with van der Waals surface area (Å²) in [4.78, 5) is 6.42. The van der Waals surface area contributed by atoms with E-state index in [0.717, 1.165) is 37.4 Å². The number of aliphatic hydroxyl groups excluding tert-OH is 1. The van der Waals surface area contributed by atoms with Crippen LogP contribution in [0.5, 0.6) is 17.2 Å². The Balaban J connectivity index is 1.28. The molecular formula is C21H26N2O4. The molecule has 4 rings (SSSR count). The number of aliphatic hydroxyl groups is 1. The summed E-state index contributed by atoms with van der Waals surface area (Å²) in [6.07, 6.45) is 3.08. The highest BCUT2D eigenvalue weighted by Crippen LogP contribution is 2.40. The number of likely N-dealkylation sites (tertiary alicyclic amines) is 1. The third-order valence-electron chi connectivity index (χ3n) is 5.67. The zero-order valence-corrected chi connectivity index (χ0v) is 15.5. The number of aromatic nitrogens is 1. The maximum absolute atomic E-state index is 10.4. The summed E-state index contributed by atoms with van der Waals surface area (Å²) in [6, 6.07) is 11.0. The second kappa shape index (κ2) is 7.74. The van der Waals surface area contributed by atoms with Crippen LogP contribution in [0.1, 0.15) is 24.6 Å². The average Bonchev–Trinajstić information content (AvgIpc) is 3.20. The first-order valence-corrected chi connectivity index (χ1v) is 9.46. The van der Waals surface area contributed by atoms with Crippen molar-refractivity contribution in [3.05, 3.63) is 48.3 Å². The first-order chi connectivity index (χ1) is 13.1. The number of nitrogens with zero attached hydrogens (tertiary/aromatic N) is 2. The first-order valence-electron chi connectivity index (χ1n) is 9.46. The van der Waals surface area contributed by atoms with Gasteiger partial charge in [-0.25, -0.2) is 0 Å². The Morgan fingerprint density at radius 3 is 2.56 bits per heavy atom. The van der Waals surface area contributed by atoms with Crippen LogP contribution in [0.15, 0.2) is 42.6 Å². The van der Waals surface area contributed by atoms with Gasteiger partial charge in [0.2, 0.25) is 0 Å². The van der Waals surface area contributed by atoms with Crippen molar-refractivity contribution in [2.45, 2.75) is 25.0 Å². The van der Waals surface area contributed by atoms with Gasteiger partial charge in [0.15, 0.2) is 0 Å². The molecule has 1 saturated heterocycles.